The van der Waals surface area contributed by atoms with Gasteiger partial charge in [0.1, 0.15) is 5.76 Å². The maximum atomic E-state index is 12.2. The minimum Gasteiger partial charge on any atom is -0.509 e. The molecule has 0 aromatic rings. The zero-order valence-electron chi connectivity index (χ0n) is 18.0. The Morgan fingerprint density at radius 3 is 1.96 bits per heavy atom. The number of allylic oxidation sites excluding steroid dienone is 7. The highest BCUT2D eigenvalue weighted by Gasteiger charge is 2.39. The number of carbonyl (C=O) groups excluding carboxylic acids is 1. The molecule has 0 heterocycles. The van der Waals surface area contributed by atoms with Gasteiger partial charge in [-0.05, 0) is 57.9 Å². The first-order valence-electron chi connectivity index (χ1n) is 10.6. The van der Waals surface area contributed by atoms with Crippen LogP contribution in [0.15, 0.2) is 47.8 Å². The summed E-state index contributed by atoms with van der Waals surface area (Å²) in [4.78, 5) is 12.2. The van der Waals surface area contributed by atoms with E-state index in [0.717, 1.165) is 51.4 Å². The monoisotopic (exact) mass is 392 g/mol. The van der Waals surface area contributed by atoms with E-state index in [4.69, 9.17) is 0 Å². The fourth-order valence-corrected chi connectivity index (χ4v) is 2.82. The number of carbonyl (C=O) groups is 1. The van der Waals surface area contributed by atoms with E-state index in [0.29, 0.717) is 12.0 Å². The third-order valence-electron chi connectivity index (χ3n) is 4.61. The topological polar surface area (TPSA) is 77.8 Å². The summed E-state index contributed by atoms with van der Waals surface area (Å²) in [5, 5.41) is 29.4. The molecule has 160 valence electrons. The summed E-state index contributed by atoms with van der Waals surface area (Å²) >= 11 is 0. The van der Waals surface area contributed by atoms with Gasteiger partial charge in [-0.3, -0.25) is 4.79 Å². The summed E-state index contributed by atoms with van der Waals surface area (Å²) < 4.78 is 0. The van der Waals surface area contributed by atoms with Crippen LogP contribution in [0.25, 0.3) is 0 Å². The molecule has 0 bridgehead atoms. The average Bonchev–Trinajstić information content (AvgIpc) is 2.69. The molecule has 0 spiro atoms. The van der Waals surface area contributed by atoms with Crippen LogP contribution in [0.2, 0.25) is 0 Å². The molecule has 0 amide bonds. The Morgan fingerprint density at radius 2 is 1.39 bits per heavy atom. The van der Waals surface area contributed by atoms with E-state index < -0.39 is 23.8 Å². The maximum Gasteiger partial charge on any atom is 0.202 e. The van der Waals surface area contributed by atoms with Gasteiger partial charge in [-0.1, -0.05) is 62.6 Å². The molecule has 3 N–H and O–H groups in total. The molecule has 0 radical (unpaired) electrons. The van der Waals surface area contributed by atoms with E-state index in [1.165, 1.54) is 0 Å². The van der Waals surface area contributed by atoms with Crippen LogP contribution >= 0.6 is 0 Å². The van der Waals surface area contributed by atoms with Gasteiger partial charge in [-0.25, -0.2) is 0 Å². The summed E-state index contributed by atoms with van der Waals surface area (Å²) in [5.74, 6) is -0.950. The SMILES string of the molecule is CC/C=C\C/C=C\C/C=C\CCCCCCCC(=O)C(O)(CO)C(O)=C(C)C. The smallest absolute Gasteiger partial charge is 0.202 e. The largest absolute Gasteiger partial charge is 0.509 e. The number of Topliss-reactive ketones (excluding diaryl/α,β-unsaturated/α-hetero) is 1. The van der Waals surface area contributed by atoms with Gasteiger partial charge in [0.25, 0.3) is 0 Å². The first-order chi connectivity index (χ1) is 13.4. The van der Waals surface area contributed by atoms with Crippen molar-refractivity contribution in [1.82, 2.24) is 0 Å². The van der Waals surface area contributed by atoms with Crippen molar-refractivity contribution in [1.29, 1.82) is 0 Å². The van der Waals surface area contributed by atoms with Crippen molar-refractivity contribution in [3.05, 3.63) is 47.8 Å². The Morgan fingerprint density at radius 1 is 0.857 bits per heavy atom. The Labute approximate surface area is 171 Å². The van der Waals surface area contributed by atoms with Crippen LogP contribution in [0.5, 0.6) is 0 Å². The normalized spacial score (nSPS) is 14.2. The quantitative estimate of drug-likeness (QED) is 0.178. The van der Waals surface area contributed by atoms with Crippen LogP contribution in [0.3, 0.4) is 0 Å². The van der Waals surface area contributed by atoms with E-state index in [2.05, 4.69) is 43.4 Å². The Hall–Kier alpha value is -1.65. The number of aliphatic hydroxyl groups excluding tert-OH is 2. The van der Waals surface area contributed by atoms with Crippen LogP contribution in [-0.2, 0) is 4.79 Å². The van der Waals surface area contributed by atoms with E-state index in [1.807, 2.05) is 0 Å². The molecule has 1 atom stereocenters. The molecular formula is C24H40O4. The minimum absolute atomic E-state index is 0.161. The number of rotatable bonds is 16. The molecule has 0 fully saturated rings. The van der Waals surface area contributed by atoms with E-state index in [-0.39, 0.29) is 6.42 Å². The molecule has 0 aliphatic rings. The van der Waals surface area contributed by atoms with E-state index >= 15 is 0 Å². The molecule has 0 aromatic carbocycles. The predicted molar refractivity (Wildman–Crippen MR) is 117 cm³/mol. The fourth-order valence-electron chi connectivity index (χ4n) is 2.82. The molecule has 0 saturated carbocycles. The van der Waals surface area contributed by atoms with Crippen LogP contribution < -0.4 is 0 Å². The van der Waals surface area contributed by atoms with Crippen LogP contribution in [0.4, 0.5) is 0 Å². The molecule has 4 heteroatoms. The molecule has 0 rings (SSSR count). The molecular weight excluding hydrogens is 352 g/mol. The second-order valence-electron chi connectivity index (χ2n) is 7.39. The van der Waals surface area contributed by atoms with Crippen molar-refractivity contribution in [3.8, 4) is 0 Å². The highest BCUT2D eigenvalue weighted by atomic mass is 16.4. The van der Waals surface area contributed by atoms with Gasteiger partial charge in [-0.15, -0.1) is 0 Å². The second-order valence-corrected chi connectivity index (χ2v) is 7.39. The Bertz CT molecular complexity index is 539. The molecule has 0 aromatic heterocycles. The van der Waals surface area contributed by atoms with E-state index in [9.17, 15) is 20.1 Å². The number of hydrogen-bond acceptors (Lipinski definition) is 4. The fraction of sp³-hybridized carbons (Fsp3) is 0.625. The van der Waals surface area contributed by atoms with Crippen molar-refractivity contribution in [2.45, 2.75) is 90.6 Å². The molecule has 28 heavy (non-hydrogen) atoms. The predicted octanol–water partition coefficient (Wildman–Crippen LogP) is 5.72. The van der Waals surface area contributed by atoms with Crippen molar-refractivity contribution in [2.24, 2.45) is 0 Å². The highest BCUT2D eigenvalue weighted by Crippen LogP contribution is 2.22. The first kappa shape index (κ1) is 26.4. The van der Waals surface area contributed by atoms with Gasteiger partial charge in [0.05, 0.1) is 6.61 Å². The summed E-state index contributed by atoms with van der Waals surface area (Å²) in [5.41, 5.74) is -1.72. The second kappa shape index (κ2) is 16.3. The van der Waals surface area contributed by atoms with Crippen molar-refractivity contribution in [3.63, 3.8) is 0 Å². The van der Waals surface area contributed by atoms with Crippen molar-refractivity contribution in [2.75, 3.05) is 6.61 Å². The van der Waals surface area contributed by atoms with Crippen molar-refractivity contribution >= 4 is 5.78 Å². The van der Waals surface area contributed by atoms with Crippen LogP contribution in [-0.4, -0.2) is 33.3 Å². The molecule has 0 aliphatic carbocycles. The summed E-state index contributed by atoms with van der Waals surface area (Å²) in [6.45, 7) is 4.54. The maximum absolute atomic E-state index is 12.2. The van der Waals surface area contributed by atoms with Gasteiger partial charge in [-0.2, -0.15) is 0 Å². The van der Waals surface area contributed by atoms with Gasteiger partial charge < -0.3 is 15.3 Å². The molecule has 1 unspecified atom stereocenters. The summed E-state index contributed by atoms with van der Waals surface area (Å²) in [6, 6.07) is 0. The number of unbranched alkanes of at least 4 members (excludes halogenated alkanes) is 5. The van der Waals surface area contributed by atoms with Gasteiger partial charge in [0, 0.05) is 6.42 Å². The lowest BCUT2D eigenvalue weighted by molar-refractivity contribution is -0.140. The van der Waals surface area contributed by atoms with Crippen LogP contribution in [0.1, 0.15) is 85.0 Å². The zero-order chi connectivity index (χ0) is 21.3. The zero-order valence-corrected chi connectivity index (χ0v) is 18.0. The van der Waals surface area contributed by atoms with E-state index in [1.54, 1.807) is 13.8 Å². The van der Waals surface area contributed by atoms with Crippen molar-refractivity contribution < 1.29 is 20.1 Å². The lowest BCUT2D eigenvalue weighted by atomic mass is 9.91. The average molecular weight is 393 g/mol. The van der Waals surface area contributed by atoms with Gasteiger partial charge in [0.2, 0.25) is 5.60 Å². The standard InChI is InChI=1S/C24H40O4/c1-4-5-6-7-8-9-10-11-12-13-14-15-16-17-18-19-22(26)24(28,20-25)23(27)21(2)3/h5-6,8-9,11-12,25,27-28H,4,7,10,13-20H2,1-3H3/b6-5-,9-8-,12-11-. The van der Waals surface area contributed by atoms with Crippen LogP contribution in [0, 0.1) is 0 Å². The third-order valence-corrected chi connectivity index (χ3v) is 4.61. The third kappa shape index (κ3) is 11.3. The summed E-state index contributed by atoms with van der Waals surface area (Å²) in [7, 11) is 0. The van der Waals surface area contributed by atoms with Gasteiger partial charge >= 0.3 is 0 Å². The molecule has 0 saturated heterocycles. The minimum atomic E-state index is -2.15. The number of ketones is 1. The van der Waals surface area contributed by atoms with Gasteiger partial charge in [0.15, 0.2) is 5.78 Å². The number of hydrogen-bond donors (Lipinski definition) is 3. The summed E-state index contributed by atoms with van der Waals surface area (Å²) in [6.07, 6.45) is 22.3. The molecule has 4 nitrogen and oxygen atoms in total. The number of aliphatic hydroxyl groups is 3. The lowest BCUT2D eigenvalue weighted by Gasteiger charge is -2.24. The Kier molecular flexibility index (Phi) is 15.4. The highest BCUT2D eigenvalue weighted by molar-refractivity contribution is 5.90. The molecule has 0 aliphatic heterocycles. The lowest BCUT2D eigenvalue weighted by Crippen LogP contribution is -2.44. The Balaban J connectivity index is 3.82. The first-order valence-corrected chi connectivity index (χ1v) is 10.6.